The molecule has 0 saturated heterocycles. The molecule has 1 aromatic carbocycles. The van der Waals surface area contributed by atoms with E-state index in [4.69, 9.17) is 15.2 Å². The molecule has 1 unspecified atom stereocenters. The lowest BCUT2D eigenvalue weighted by Crippen LogP contribution is -2.40. The average molecular weight is 283 g/mol. The first-order chi connectivity index (χ1) is 9.49. The maximum Gasteiger partial charge on any atom is 0.273 e. The molecule has 0 fully saturated rings. The maximum atomic E-state index is 11.0. The number of likely N-dealkylation sites (N-methyl/N-ethyl adjacent to an activating group) is 1. The van der Waals surface area contributed by atoms with Crippen LogP contribution in [0.1, 0.15) is 6.42 Å². The van der Waals surface area contributed by atoms with E-state index in [2.05, 4.69) is 5.32 Å². The van der Waals surface area contributed by atoms with Gasteiger partial charge in [0.15, 0.2) is 11.5 Å². The van der Waals surface area contributed by atoms with Crippen molar-refractivity contribution in [2.75, 3.05) is 20.8 Å². The first-order valence-electron chi connectivity index (χ1n) is 5.91. The van der Waals surface area contributed by atoms with Gasteiger partial charge in [0.05, 0.1) is 30.7 Å². The van der Waals surface area contributed by atoms with Crippen molar-refractivity contribution in [3.63, 3.8) is 0 Å². The Balaban J connectivity index is 2.73. The molecule has 0 radical (unpaired) electrons. The lowest BCUT2D eigenvalue weighted by molar-refractivity contribution is -0.385. The molecule has 1 amide bonds. The van der Waals surface area contributed by atoms with E-state index < -0.39 is 16.9 Å². The minimum atomic E-state index is -0.522. The molecule has 0 spiro atoms. The number of rotatable bonds is 8. The first kappa shape index (κ1) is 15.7. The summed E-state index contributed by atoms with van der Waals surface area (Å²) in [5, 5.41) is 13.5. The summed E-state index contributed by atoms with van der Waals surface area (Å²) in [5.74, 6) is 0.152. The predicted molar refractivity (Wildman–Crippen MR) is 71.8 cm³/mol. The van der Waals surface area contributed by atoms with Gasteiger partial charge in [0.2, 0.25) is 5.91 Å². The summed E-state index contributed by atoms with van der Waals surface area (Å²) in [6.07, 6.45) is 0.345. The van der Waals surface area contributed by atoms with Crippen molar-refractivity contribution in [2.24, 2.45) is 5.73 Å². The Morgan fingerprint density at radius 3 is 2.70 bits per heavy atom. The number of methoxy groups -OCH3 is 1. The van der Waals surface area contributed by atoms with Gasteiger partial charge in [0.1, 0.15) is 0 Å². The van der Waals surface area contributed by atoms with Crippen molar-refractivity contribution in [3.05, 3.63) is 28.3 Å². The molecule has 0 aliphatic rings. The van der Waals surface area contributed by atoms with Crippen molar-refractivity contribution < 1.29 is 19.2 Å². The average Bonchev–Trinajstić information content (AvgIpc) is 2.42. The Hall–Kier alpha value is -2.35. The van der Waals surface area contributed by atoms with Crippen LogP contribution in [0.2, 0.25) is 0 Å². The summed E-state index contributed by atoms with van der Waals surface area (Å²) in [5.41, 5.74) is 5.08. The third kappa shape index (κ3) is 4.09. The van der Waals surface area contributed by atoms with Crippen LogP contribution in [0.15, 0.2) is 18.2 Å². The number of ether oxygens (including phenoxy) is 2. The highest BCUT2D eigenvalue weighted by Crippen LogP contribution is 2.31. The molecule has 0 heterocycles. The van der Waals surface area contributed by atoms with Crippen LogP contribution in [0.3, 0.4) is 0 Å². The molecule has 1 aromatic rings. The van der Waals surface area contributed by atoms with E-state index in [-0.39, 0.29) is 18.0 Å². The summed E-state index contributed by atoms with van der Waals surface area (Å²) in [6, 6.07) is 3.54. The van der Waals surface area contributed by atoms with Gasteiger partial charge in [-0.3, -0.25) is 14.9 Å². The van der Waals surface area contributed by atoms with Crippen LogP contribution >= 0.6 is 0 Å². The second-order valence-electron chi connectivity index (χ2n) is 3.97. The monoisotopic (exact) mass is 283 g/mol. The summed E-state index contributed by atoms with van der Waals surface area (Å²) in [7, 11) is 3.05. The number of nitro benzene ring substituents is 1. The highest BCUT2D eigenvalue weighted by molar-refractivity contribution is 5.79. The standard InChI is InChI=1S/C12H17N3O5/c1-14-9(12(13)16)5-6-20-11-7-8(15(17)18)3-4-10(11)19-2/h3-4,7,9,14H,5-6H2,1-2H3,(H2,13,16). The van der Waals surface area contributed by atoms with Crippen molar-refractivity contribution in [3.8, 4) is 11.5 Å². The molecule has 110 valence electrons. The van der Waals surface area contributed by atoms with Crippen molar-refractivity contribution in [1.82, 2.24) is 5.32 Å². The predicted octanol–water partition coefficient (Wildman–Crippen LogP) is 0.446. The summed E-state index contributed by atoms with van der Waals surface area (Å²) >= 11 is 0. The van der Waals surface area contributed by atoms with Gasteiger partial charge in [-0.25, -0.2) is 0 Å². The van der Waals surface area contributed by atoms with Crippen LogP contribution in [0.4, 0.5) is 5.69 Å². The number of hydrogen-bond donors (Lipinski definition) is 2. The zero-order valence-corrected chi connectivity index (χ0v) is 11.3. The van der Waals surface area contributed by atoms with E-state index in [1.807, 2.05) is 0 Å². The third-order valence-electron chi connectivity index (χ3n) is 2.71. The van der Waals surface area contributed by atoms with E-state index in [9.17, 15) is 14.9 Å². The Labute approximate surface area is 116 Å². The number of carbonyl (C=O) groups is 1. The highest BCUT2D eigenvalue weighted by Gasteiger charge is 2.15. The molecule has 0 aliphatic carbocycles. The van der Waals surface area contributed by atoms with E-state index in [0.29, 0.717) is 12.2 Å². The molecule has 8 heteroatoms. The lowest BCUT2D eigenvalue weighted by Gasteiger charge is -2.14. The number of hydrogen-bond acceptors (Lipinski definition) is 6. The van der Waals surface area contributed by atoms with Gasteiger partial charge >= 0.3 is 0 Å². The lowest BCUT2D eigenvalue weighted by atomic mass is 10.2. The number of non-ortho nitro benzene ring substituents is 1. The molecule has 8 nitrogen and oxygen atoms in total. The SMILES string of the molecule is CNC(CCOc1cc([N+](=O)[O-])ccc1OC)C(N)=O. The zero-order chi connectivity index (χ0) is 15.1. The fourth-order valence-corrected chi connectivity index (χ4v) is 1.61. The summed E-state index contributed by atoms with van der Waals surface area (Å²) in [4.78, 5) is 21.2. The second kappa shape index (κ2) is 7.29. The largest absolute Gasteiger partial charge is 0.493 e. The van der Waals surface area contributed by atoms with Gasteiger partial charge in [0, 0.05) is 12.5 Å². The number of nitrogens with one attached hydrogen (secondary N) is 1. The highest BCUT2D eigenvalue weighted by atomic mass is 16.6. The maximum absolute atomic E-state index is 11.0. The number of nitrogens with two attached hydrogens (primary N) is 1. The van der Waals surface area contributed by atoms with Crippen LogP contribution in [0, 0.1) is 10.1 Å². The quantitative estimate of drug-likeness (QED) is 0.528. The Morgan fingerprint density at radius 1 is 1.50 bits per heavy atom. The Kier molecular flexibility index (Phi) is 5.73. The molecule has 3 N–H and O–H groups in total. The Morgan fingerprint density at radius 2 is 2.20 bits per heavy atom. The van der Waals surface area contributed by atoms with Gasteiger partial charge in [-0.05, 0) is 13.1 Å². The topological polar surface area (TPSA) is 117 Å². The van der Waals surface area contributed by atoms with Crippen LogP contribution < -0.4 is 20.5 Å². The first-order valence-corrected chi connectivity index (χ1v) is 5.91. The molecular formula is C12H17N3O5. The van der Waals surface area contributed by atoms with Crippen molar-refractivity contribution in [2.45, 2.75) is 12.5 Å². The summed E-state index contributed by atoms with van der Waals surface area (Å²) < 4.78 is 10.5. The number of nitro groups is 1. The fraction of sp³-hybridized carbons (Fsp3) is 0.417. The molecule has 0 aromatic heterocycles. The van der Waals surface area contributed by atoms with Gasteiger partial charge < -0.3 is 20.5 Å². The molecule has 0 saturated carbocycles. The van der Waals surface area contributed by atoms with E-state index in [1.54, 1.807) is 7.05 Å². The third-order valence-corrected chi connectivity index (χ3v) is 2.71. The zero-order valence-electron chi connectivity index (χ0n) is 11.3. The van der Waals surface area contributed by atoms with Crippen molar-refractivity contribution in [1.29, 1.82) is 0 Å². The van der Waals surface area contributed by atoms with Crippen LogP contribution in [0.25, 0.3) is 0 Å². The molecular weight excluding hydrogens is 266 g/mol. The normalized spacial score (nSPS) is 11.7. The number of amides is 1. The van der Waals surface area contributed by atoms with Gasteiger partial charge in [-0.1, -0.05) is 0 Å². The summed E-state index contributed by atoms with van der Waals surface area (Å²) in [6.45, 7) is 0.173. The number of carbonyl (C=O) groups excluding carboxylic acids is 1. The minimum Gasteiger partial charge on any atom is -0.493 e. The molecule has 20 heavy (non-hydrogen) atoms. The van der Waals surface area contributed by atoms with E-state index in [0.717, 1.165) is 0 Å². The molecule has 0 bridgehead atoms. The Bertz CT molecular complexity index is 492. The fourth-order valence-electron chi connectivity index (χ4n) is 1.61. The molecule has 0 aliphatic heterocycles. The van der Waals surface area contributed by atoms with Gasteiger partial charge in [-0.2, -0.15) is 0 Å². The van der Waals surface area contributed by atoms with Gasteiger partial charge in [-0.15, -0.1) is 0 Å². The van der Waals surface area contributed by atoms with Crippen LogP contribution in [0.5, 0.6) is 11.5 Å². The van der Waals surface area contributed by atoms with E-state index in [1.165, 1.54) is 25.3 Å². The minimum absolute atomic E-state index is 0.0964. The van der Waals surface area contributed by atoms with Gasteiger partial charge in [0.25, 0.3) is 5.69 Å². The second-order valence-corrected chi connectivity index (χ2v) is 3.97. The van der Waals surface area contributed by atoms with E-state index >= 15 is 0 Å². The van der Waals surface area contributed by atoms with Crippen LogP contribution in [-0.4, -0.2) is 37.6 Å². The smallest absolute Gasteiger partial charge is 0.273 e. The number of benzene rings is 1. The number of nitrogens with zero attached hydrogens (tertiary/aromatic N) is 1. The number of primary amides is 1. The van der Waals surface area contributed by atoms with Crippen LogP contribution in [-0.2, 0) is 4.79 Å². The molecule has 1 atom stereocenters. The van der Waals surface area contributed by atoms with Crippen molar-refractivity contribution >= 4 is 11.6 Å². The molecule has 1 rings (SSSR count).